The van der Waals surface area contributed by atoms with E-state index in [1.165, 1.54) is 7.11 Å². The lowest BCUT2D eigenvalue weighted by Gasteiger charge is -2.37. The third-order valence-electron chi connectivity index (χ3n) is 2.80. The number of esters is 1. The Balaban J connectivity index is 2.27. The molecular formula is C10H20N2O2. The summed E-state index contributed by atoms with van der Waals surface area (Å²) in [5, 5.41) is 0. The van der Waals surface area contributed by atoms with E-state index >= 15 is 0 Å². The number of ether oxygens (including phenoxy) is 1. The molecule has 0 radical (unpaired) electrons. The second-order valence-corrected chi connectivity index (χ2v) is 3.97. The fourth-order valence-electron chi connectivity index (χ4n) is 1.85. The van der Waals surface area contributed by atoms with Crippen molar-refractivity contribution in [2.45, 2.75) is 19.4 Å². The number of carbonyl (C=O) groups excluding carboxylic acids is 1. The first-order valence-electron chi connectivity index (χ1n) is 5.13. The zero-order chi connectivity index (χ0) is 10.6. The summed E-state index contributed by atoms with van der Waals surface area (Å²) in [4.78, 5) is 15.6. The highest BCUT2D eigenvalue weighted by molar-refractivity contribution is 5.69. The summed E-state index contributed by atoms with van der Waals surface area (Å²) in [6.45, 7) is 6.25. The molecular weight excluding hydrogens is 180 g/mol. The van der Waals surface area contributed by atoms with Crippen LogP contribution in [0, 0.1) is 0 Å². The van der Waals surface area contributed by atoms with Crippen molar-refractivity contribution >= 4 is 5.97 Å². The van der Waals surface area contributed by atoms with E-state index in [0.717, 1.165) is 26.2 Å². The van der Waals surface area contributed by atoms with Crippen LogP contribution in [0.3, 0.4) is 0 Å². The van der Waals surface area contributed by atoms with Crippen molar-refractivity contribution < 1.29 is 9.53 Å². The highest BCUT2D eigenvalue weighted by Crippen LogP contribution is 2.08. The van der Waals surface area contributed by atoms with Gasteiger partial charge in [0.25, 0.3) is 0 Å². The fraction of sp³-hybridized carbons (Fsp3) is 0.900. The van der Waals surface area contributed by atoms with Crippen LogP contribution in [-0.2, 0) is 9.53 Å². The van der Waals surface area contributed by atoms with Gasteiger partial charge in [-0.1, -0.05) is 0 Å². The Kier molecular flexibility index (Phi) is 4.35. The van der Waals surface area contributed by atoms with Crippen molar-refractivity contribution in [3.63, 3.8) is 0 Å². The van der Waals surface area contributed by atoms with Crippen molar-refractivity contribution in [2.24, 2.45) is 0 Å². The smallest absolute Gasteiger partial charge is 0.306 e. The standard InChI is InChI=1S/C10H20N2O2/c1-9-8-11(2)6-7-12(9)5-4-10(13)14-3/h9H,4-8H2,1-3H3. The van der Waals surface area contributed by atoms with Crippen LogP contribution in [0.4, 0.5) is 0 Å². The zero-order valence-electron chi connectivity index (χ0n) is 9.32. The van der Waals surface area contributed by atoms with Crippen molar-refractivity contribution in [2.75, 3.05) is 40.3 Å². The molecule has 0 spiro atoms. The first kappa shape index (κ1) is 11.5. The Labute approximate surface area is 85.8 Å². The van der Waals surface area contributed by atoms with E-state index in [-0.39, 0.29) is 5.97 Å². The van der Waals surface area contributed by atoms with Crippen LogP contribution in [0.5, 0.6) is 0 Å². The minimum absolute atomic E-state index is 0.115. The molecule has 0 aromatic carbocycles. The van der Waals surface area contributed by atoms with Crippen LogP contribution in [0.2, 0.25) is 0 Å². The third kappa shape index (κ3) is 3.27. The van der Waals surface area contributed by atoms with Gasteiger partial charge in [0.15, 0.2) is 0 Å². The molecule has 1 atom stereocenters. The van der Waals surface area contributed by atoms with E-state index in [4.69, 9.17) is 0 Å². The molecule has 0 bridgehead atoms. The summed E-state index contributed by atoms with van der Waals surface area (Å²) in [7, 11) is 3.57. The predicted octanol–water partition coefficient (Wildman–Crippen LogP) is 0.185. The first-order chi connectivity index (χ1) is 6.63. The third-order valence-corrected chi connectivity index (χ3v) is 2.80. The molecule has 1 rings (SSSR count). The van der Waals surface area contributed by atoms with Crippen LogP contribution < -0.4 is 0 Å². The Bertz CT molecular complexity index is 197. The normalized spacial score (nSPS) is 24.9. The van der Waals surface area contributed by atoms with E-state index in [9.17, 15) is 4.79 Å². The van der Waals surface area contributed by atoms with Crippen LogP contribution in [0.1, 0.15) is 13.3 Å². The molecule has 14 heavy (non-hydrogen) atoms. The van der Waals surface area contributed by atoms with Gasteiger partial charge >= 0.3 is 5.97 Å². The summed E-state index contributed by atoms with van der Waals surface area (Å²) in [5.41, 5.74) is 0. The fourth-order valence-corrected chi connectivity index (χ4v) is 1.85. The van der Waals surface area contributed by atoms with E-state index in [2.05, 4.69) is 28.5 Å². The van der Waals surface area contributed by atoms with Gasteiger partial charge < -0.3 is 9.64 Å². The second-order valence-electron chi connectivity index (χ2n) is 3.97. The Morgan fingerprint density at radius 2 is 2.21 bits per heavy atom. The van der Waals surface area contributed by atoms with Crippen molar-refractivity contribution in [1.29, 1.82) is 0 Å². The molecule has 1 fully saturated rings. The summed E-state index contributed by atoms with van der Waals surface area (Å²) >= 11 is 0. The van der Waals surface area contributed by atoms with Gasteiger partial charge in [0.2, 0.25) is 0 Å². The van der Waals surface area contributed by atoms with Crippen molar-refractivity contribution in [3.8, 4) is 0 Å². The highest BCUT2D eigenvalue weighted by Gasteiger charge is 2.21. The molecule has 1 unspecified atom stereocenters. The van der Waals surface area contributed by atoms with Gasteiger partial charge in [0, 0.05) is 32.2 Å². The lowest BCUT2D eigenvalue weighted by molar-refractivity contribution is -0.141. The number of methoxy groups -OCH3 is 1. The van der Waals surface area contributed by atoms with Gasteiger partial charge in [-0.15, -0.1) is 0 Å². The van der Waals surface area contributed by atoms with E-state index < -0.39 is 0 Å². The van der Waals surface area contributed by atoms with Gasteiger partial charge in [-0.25, -0.2) is 0 Å². The molecule has 0 saturated carbocycles. The summed E-state index contributed by atoms with van der Waals surface area (Å²) in [5.74, 6) is -0.115. The average Bonchev–Trinajstić information content (AvgIpc) is 2.16. The second kappa shape index (κ2) is 5.32. The molecule has 1 saturated heterocycles. The number of likely N-dealkylation sites (N-methyl/N-ethyl adjacent to an activating group) is 1. The molecule has 1 aliphatic heterocycles. The Morgan fingerprint density at radius 1 is 1.50 bits per heavy atom. The maximum atomic E-state index is 11.0. The predicted molar refractivity (Wildman–Crippen MR) is 55.2 cm³/mol. The monoisotopic (exact) mass is 200 g/mol. The lowest BCUT2D eigenvalue weighted by Crippen LogP contribution is -2.50. The maximum Gasteiger partial charge on any atom is 0.306 e. The number of hydrogen-bond acceptors (Lipinski definition) is 4. The number of piperazine rings is 1. The average molecular weight is 200 g/mol. The minimum Gasteiger partial charge on any atom is -0.469 e. The van der Waals surface area contributed by atoms with E-state index in [0.29, 0.717) is 12.5 Å². The number of carbonyl (C=O) groups is 1. The summed E-state index contributed by atoms with van der Waals surface area (Å²) in [6.07, 6.45) is 0.505. The summed E-state index contributed by atoms with van der Waals surface area (Å²) in [6, 6.07) is 0.540. The number of nitrogens with zero attached hydrogens (tertiary/aromatic N) is 2. The lowest BCUT2D eigenvalue weighted by atomic mass is 10.2. The maximum absolute atomic E-state index is 11.0. The molecule has 1 heterocycles. The van der Waals surface area contributed by atoms with Gasteiger partial charge in [-0.05, 0) is 14.0 Å². The molecule has 0 aromatic heterocycles. The SMILES string of the molecule is COC(=O)CCN1CCN(C)CC1C. The van der Waals surface area contributed by atoms with E-state index in [1.54, 1.807) is 0 Å². The molecule has 4 heteroatoms. The topological polar surface area (TPSA) is 32.8 Å². The van der Waals surface area contributed by atoms with Crippen LogP contribution in [0.25, 0.3) is 0 Å². The van der Waals surface area contributed by atoms with Crippen LogP contribution in [-0.4, -0.2) is 62.1 Å². The molecule has 82 valence electrons. The Morgan fingerprint density at radius 3 is 2.79 bits per heavy atom. The van der Waals surface area contributed by atoms with E-state index in [1.807, 2.05) is 0 Å². The van der Waals surface area contributed by atoms with Crippen LogP contribution >= 0.6 is 0 Å². The largest absolute Gasteiger partial charge is 0.469 e. The van der Waals surface area contributed by atoms with Crippen LogP contribution in [0.15, 0.2) is 0 Å². The van der Waals surface area contributed by atoms with Gasteiger partial charge in [0.1, 0.15) is 0 Å². The highest BCUT2D eigenvalue weighted by atomic mass is 16.5. The quantitative estimate of drug-likeness (QED) is 0.609. The number of rotatable bonds is 3. The van der Waals surface area contributed by atoms with Gasteiger partial charge in [-0.2, -0.15) is 0 Å². The molecule has 0 amide bonds. The zero-order valence-corrected chi connectivity index (χ0v) is 9.32. The Hall–Kier alpha value is -0.610. The van der Waals surface area contributed by atoms with Gasteiger partial charge in [-0.3, -0.25) is 9.69 Å². The molecule has 1 aliphatic rings. The molecule has 0 aromatic rings. The molecule has 0 aliphatic carbocycles. The number of hydrogen-bond donors (Lipinski definition) is 0. The van der Waals surface area contributed by atoms with Crippen molar-refractivity contribution in [1.82, 2.24) is 9.80 Å². The molecule has 0 N–H and O–H groups in total. The minimum atomic E-state index is -0.115. The summed E-state index contributed by atoms with van der Waals surface area (Å²) < 4.78 is 4.62. The van der Waals surface area contributed by atoms with Gasteiger partial charge in [0.05, 0.1) is 13.5 Å². The van der Waals surface area contributed by atoms with Crippen molar-refractivity contribution in [3.05, 3.63) is 0 Å². The molecule has 4 nitrogen and oxygen atoms in total. The first-order valence-corrected chi connectivity index (χ1v) is 5.13.